The van der Waals surface area contributed by atoms with E-state index in [4.69, 9.17) is 0 Å². The standard InChI is InChI=1S/C32H21P/c1-2-10-24(11-3-1)33-31-20-15-23-9-5-7-13-26(23)29(31)17-18-30-28-16-14-22-8-4-6-12-25(22)27(28)19-21-32(30)33/h1-21H. The molecule has 1 atom stereocenters. The predicted molar refractivity (Wildman–Crippen MR) is 147 cm³/mol. The summed E-state index contributed by atoms with van der Waals surface area (Å²) in [5, 5.41) is 12.2. The summed E-state index contributed by atoms with van der Waals surface area (Å²) >= 11 is 0. The molecular weight excluding hydrogens is 415 g/mol. The number of rotatable bonds is 1. The second-order valence-corrected chi connectivity index (χ2v) is 10.8. The second kappa shape index (κ2) is 7.41. The molecule has 6 aromatic rings. The van der Waals surface area contributed by atoms with Crippen LogP contribution in [-0.2, 0) is 0 Å². The third kappa shape index (κ3) is 2.88. The Bertz CT molecular complexity index is 1710. The summed E-state index contributed by atoms with van der Waals surface area (Å²) < 4.78 is 0. The second-order valence-electron chi connectivity index (χ2n) is 8.60. The molecule has 0 nitrogen and oxygen atoms in total. The van der Waals surface area contributed by atoms with Gasteiger partial charge in [-0.3, -0.25) is 0 Å². The molecular formula is C32H21P. The van der Waals surface area contributed by atoms with E-state index in [1.807, 2.05) is 0 Å². The molecule has 0 N–H and O–H groups in total. The van der Waals surface area contributed by atoms with E-state index >= 15 is 0 Å². The van der Waals surface area contributed by atoms with E-state index < -0.39 is 7.92 Å². The number of hydrogen-bond acceptors (Lipinski definition) is 0. The molecule has 0 saturated carbocycles. The molecule has 1 aliphatic heterocycles. The fourth-order valence-corrected chi connectivity index (χ4v) is 7.88. The zero-order chi connectivity index (χ0) is 21.8. The highest BCUT2D eigenvalue weighted by Crippen LogP contribution is 2.42. The quantitative estimate of drug-likeness (QED) is 0.186. The molecule has 0 saturated heterocycles. The average molecular weight is 436 g/mol. The molecule has 6 aromatic carbocycles. The average Bonchev–Trinajstić information content (AvgIpc) is 3.06. The molecule has 0 bridgehead atoms. The van der Waals surface area contributed by atoms with Crippen molar-refractivity contribution >= 4 is 68.3 Å². The Hall–Kier alpha value is -3.73. The smallest absolute Gasteiger partial charge is 0.00720 e. The first-order valence-electron chi connectivity index (χ1n) is 11.4. The summed E-state index contributed by atoms with van der Waals surface area (Å²) in [6.07, 6.45) is 4.72. The molecule has 0 aliphatic carbocycles. The molecule has 33 heavy (non-hydrogen) atoms. The molecule has 1 heterocycles. The maximum Gasteiger partial charge on any atom is -0.00720 e. The fourth-order valence-electron chi connectivity index (χ4n) is 5.28. The van der Waals surface area contributed by atoms with E-state index in [1.54, 1.807) is 0 Å². The van der Waals surface area contributed by atoms with Gasteiger partial charge >= 0.3 is 0 Å². The maximum atomic E-state index is 2.39. The van der Waals surface area contributed by atoms with E-state index in [0.29, 0.717) is 0 Å². The summed E-state index contributed by atoms with van der Waals surface area (Å²) in [5.41, 5.74) is 2.71. The van der Waals surface area contributed by atoms with E-state index in [1.165, 1.54) is 59.4 Å². The third-order valence-corrected chi connectivity index (χ3v) is 9.36. The minimum absolute atomic E-state index is 0.677. The minimum atomic E-state index is -0.677. The molecule has 0 radical (unpaired) electrons. The lowest BCUT2D eigenvalue weighted by molar-refractivity contribution is 1.75. The summed E-state index contributed by atoms with van der Waals surface area (Å²) in [6.45, 7) is 0. The lowest BCUT2D eigenvalue weighted by Gasteiger charge is -2.23. The van der Waals surface area contributed by atoms with Crippen molar-refractivity contribution in [3.05, 3.63) is 126 Å². The van der Waals surface area contributed by atoms with Gasteiger partial charge in [-0.15, -0.1) is 0 Å². The normalized spacial score (nSPS) is 14.8. The molecule has 7 rings (SSSR count). The van der Waals surface area contributed by atoms with Gasteiger partial charge < -0.3 is 0 Å². The van der Waals surface area contributed by atoms with Crippen LogP contribution in [-0.4, -0.2) is 0 Å². The largest absolute Gasteiger partial charge is 0.0622 e. The van der Waals surface area contributed by atoms with Crippen LogP contribution >= 0.6 is 7.92 Å². The van der Waals surface area contributed by atoms with Crippen LogP contribution in [0.15, 0.2) is 115 Å². The van der Waals surface area contributed by atoms with Gasteiger partial charge in [-0.1, -0.05) is 127 Å². The first-order valence-corrected chi connectivity index (χ1v) is 12.7. The van der Waals surface area contributed by atoms with Crippen molar-refractivity contribution in [3.63, 3.8) is 0 Å². The van der Waals surface area contributed by atoms with Crippen LogP contribution in [0.3, 0.4) is 0 Å². The molecule has 1 aliphatic rings. The Kier molecular flexibility index (Phi) is 4.22. The first-order chi connectivity index (χ1) is 16.4. The van der Waals surface area contributed by atoms with E-state index in [9.17, 15) is 0 Å². The summed E-state index contributed by atoms with van der Waals surface area (Å²) in [4.78, 5) is 0. The Labute approximate surface area is 194 Å². The molecule has 1 heteroatoms. The molecule has 0 spiro atoms. The summed E-state index contributed by atoms with van der Waals surface area (Å²) in [6, 6.07) is 42.5. The van der Waals surface area contributed by atoms with Gasteiger partial charge in [0.25, 0.3) is 0 Å². The maximum absolute atomic E-state index is 2.39. The van der Waals surface area contributed by atoms with E-state index in [-0.39, 0.29) is 0 Å². The third-order valence-electron chi connectivity index (χ3n) is 6.81. The van der Waals surface area contributed by atoms with Gasteiger partial charge in [-0.2, -0.15) is 0 Å². The Morgan fingerprint density at radius 3 is 1.70 bits per heavy atom. The lowest BCUT2D eigenvalue weighted by atomic mass is 9.97. The van der Waals surface area contributed by atoms with Gasteiger partial charge in [-0.05, 0) is 67.3 Å². The highest BCUT2D eigenvalue weighted by molar-refractivity contribution is 7.80. The Morgan fingerprint density at radius 1 is 0.364 bits per heavy atom. The van der Waals surface area contributed by atoms with Crippen LogP contribution in [0.25, 0.3) is 44.5 Å². The van der Waals surface area contributed by atoms with Gasteiger partial charge in [0.1, 0.15) is 0 Å². The van der Waals surface area contributed by atoms with Crippen molar-refractivity contribution in [2.45, 2.75) is 0 Å². The van der Waals surface area contributed by atoms with Crippen molar-refractivity contribution < 1.29 is 0 Å². The van der Waals surface area contributed by atoms with Crippen LogP contribution in [0.1, 0.15) is 11.1 Å². The zero-order valence-electron chi connectivity index (χ0n) is 18.1. The van der Waals surface area contributed by atoms with Gasteiger partial charge in [0.2, 0.25) is 0 Å². The topological polar surface area (TPSA) is 0 Å². The molecule has 0 amide bonds. The Morgan fingerprint density at radius 2 is 0.909 bits per heavy atom. The zero-order valence-corrected chi connectivity index (χ0v) is 19.0. The Balaban J connectivity index is 1.60. The van der Waals surface area contributed by atoms with Gasteiger partial charge in [-0.25, -0.2) is 0 Å². The van der Waals surface area contributed by atoms with Crippen molar-refractivity contribution in [1.82, 2.24) is 0 Å². The van der Waals surface area contributed by atoms with Crippen LogP contribution in [0.2, 0.25) is 0 Å². The van der Waals surface area contributed by atoms with Gasteiger partial charge in [0, 0.05) is 0 Å². The highest BCUT2D eigenvalue weighted by atomic mass is 31.1. The van der Waals surface area contributed by atoms with E-state index in [0.717, 1.165) is 0 Å². The fraction of sp³-hybridized carbons (Fsp3) is 0. The van der Waals surface area contributed by atoms with Crippen LogP contribution < -0.4 is 15.9 Å². The predicted octanol–water partition coefficient (Wildman–Crippen LogP) is 7.39. The summed E-state index contributed by atoms with van der Waals surface area (Å²) in [7, 11) is -0.677. The van der Waals surface area contributed by atoms with Gasteiger partial charge in [0.15, 0.2) is 0 Å². The number of hydrogen-bond donors (Lipinski definition) is 0. The van der Waals surface area contributed by atoms with Crippen LogP contribution in [0.4, 0.5) is 0 Å². The first kappa shape index (κ1) is 18.8. The van der Waals surface area contributed by atoms with Crippen molar-refractivity contribution in [2.75, 3.05) is 0 Å². The molecule has 0 aromatic heterocycles. The van der Waals surface area contributed by atoms with Crippen molar-refractivity contribution in [2.24, 2.45) is 0 Å². The van der Waals surface area contributed by atoms with Crippen molar-refractivity contribution in [3.8, 4) is 0 Å². The number of benzene rings is 6. The lowest BCUT2D eigenvalue weighted by Crippen LogP contribution is -2.23. The summed E-state index contributed by atoms with van der Waals surface area (Å²) in [5.74, 6) is 0. The van der Waals surface area contributed by atoms with Gasteiger partial charge in [0.05, 0.1) is 0 Å². The van der Waals surface area contributed by atoms with E-state index in [2.05, 4.69) is 127 Å². The van der Waals surface area contributed by atoms with Crippen molar-refractivity contribution in [1.29, 1.82) is 0 Å². The minimum Gasteiger partial charge on any atom is -0.0622 e. The molecule has 1 unspecified atom stereocenters. The molecule has 0 fully saturated rings. The number of fused-ring (bicyclic) bond motifs is 8. The highest BCUT2D eigenvalue weighted by Gasteiger charge is 2.25. The van der Waals surface area contributed by atoms with Crippen LogP contribution in [0.5, 0.6) is 0 Å². The molecule has 154 valence electrons. The van der Waals surface area contributed by atoms with Crippen LogP contribution in [0, 0.1) is 0 Å². The SMILES string of the molecule is C1=Cc2c(ccc3c2ccc2ccccc23)P(c2ccccc2)c2ccc3ccccc3c21. The monoisotopic (exact) mass is 436 g/mol.